The van der Waals surface area contributed by atoms with Gasteiger partial charge in [-0.25, -0.2) is 4.39 Å². The number of carbonyl (C=O) groups excluding carboxylic acids is 1. The molecule has 1 aromatic rings. The van der Waals surface area contributed by atoms with Crippen LogP contribution in [0.1, 0.15) is 44.2 Å². The highest BCUT2D eigenvalue weighted by Crippen LogP contribution is 2.26. The number of carbonyl (C=O) groups is 1. The van der Waals surface area contributed by atoms with E-state index >= 15 is 0 Å². The second kappa shape index (κ2) is 9.73. The zero-order chi connectivity index (χ0) is 15.9. The lowest BCUT2D eigenvalue weighted by molar-refractivity contribution is -0.122. The topological polar surface area (TPSA) is 50.4 Å². The largest absolute Gasteiger partial charge is 0.496 e. The number of amides is 1. The Labute approximate surface area is 143 Å². The van der Waals surface area contributed by atoms with Gasteiger partial charge >= 0.3 is 0 Å². The lowest BCUT2D eigenvalue weighted by Crippen LogP contribution is -2.30. The molecule has 6 heteroatoms. The molecule has 0 aliphatic carbocycles. The number of methoxy groups -OCH3 is 1. The van der Waals surface area contributed by atoms with Crippen molar-refractivity contribution in [2.75, 3.05) is 20.2 Å². The van der Waals surface area contributed by atoms with E-state index in [4.69, 9.17) is 4.74 Å². The first-order chi connectivity index (χ1) is 10.6. The number of rotatable bonds is 6. The fraction of sp³-hybridized carbons (Fsp3) is 0.588. The van der Waals surface area contributed by atoms with Crippen LogP contribution in [-0.4, -0.2) is 26.1 Å². The lowest BCUT2D eigenvalue weighted by Gasteiger charge is -2.23. The van der Waals surface area contributed by atoms with E-state index in [-0.39, 0.29) is 30.2 Å². The van der Waals surface area contributed by atoms with Gasteiger partial charge < -0.3 is 15.4 Å². The van der Waals surface area contributed by atoms with Crippen LogP contribution >= 0.6 is 12.4 Å². The van der Waals surface area contributed by atoms with Gasteiger partial charge in [-0.2, -0.15) is 0 Å². The summed E-state index contributed by atoms with van der Waals surface area (Å²) >= 11 is 0. The minimum atomic E-state index is -0.327. The molecule has 1 saturated heterocycles. The molecule has 1 fully saturated rings. The zero-order valence-corrected chi connectivity index (χ0v) is 14.5. The van der Waals surface area contributed by atoms with Gasteiger partial charge in [-0.05, 0) is 63.4 Å². The van der Waals surface area contributed by atoms with Crippen molar-refractivity contribution in [3.63, 3.8) is 0 Å². The van der Waals surface area contributed by atoms with Crippen LogP contribution in [0.2, 0.25) is 0 Å². The van der Waals surface area contributed by atoms with Crippen molar-refractivity contribution in [3.8, 4) is 5.75 Å². The minimum Gasteiger partial charge on any atom is -0.496 e. The summed E-state index contributed by atoms with van der Waals surface area (Å²) in [5.74, 6) is 0.905. The Morgan fingerprint density at radius 2 is 2.13 bits per heavy atom. The van der Waals surface area contributed by atoms with Gasteiger partial charge in [-0.1, -0.05) is 0 Å². The molecule has 130 valence electrons. The molecule has 1 amide bonds. The van der Waals surface area contributed by atoms with Crippen LogP contribution in [0, 0.1) is 11.7 Å². The summed E-state index contributed by atoms with van der Waals surface area (Å²) < 4.78 is 18.6. The predicted octanol–water partition coefficient (Wildman–Crippen LogP) is 3.21. The monoisotopic (exact) mass is 344 g/mol. The van der Waals surface area contributed by atoms with Crippen molar-refractivity contribution in [2.45, 2.75) is 38.6 Å². The Bertz CT molecular complexity index is 507. The van der Waals surface area contributed by atoms with Gasteiger partial charge in [0, 0.05) is 12.0 Å². The number of hydrogen-bond acceptors (Lipinski definition) is 3. The maximum Gasteiger partial charge on any atom is 0.220 e. The first kappa shape index (κ1) is 19.7. The zero-order valence-electron chi connectivity index (χ0n) is 13.7. The maximum absolute atomic E-state index is 13.4. The number of halogens is 2. The first-order valence-corrected chi connectivity index (χ1v) is 7.93. The van der Waals surface area contributed by atoms with Crippen molar-refractivity contribution in [1.29, 1.82) is 0 Å². The molecule has 2 N–H and O–H groups in total. The Kier molecular flexibility index (Phi) is 8.34. The third-order valence-corrected chi connectivity index (χ3v) is 4.27. The van der Waals surface area contributed by atoms with Crippen molar-refractivity contribution in [1.82, 2.24) is 10.6 Å². The molecule has 0 spiro atoms. The van der Waals surface area contributed by atoms with Crippen molar-refractivity contribution in [2.24, 2.45) is 5.92 Å². The molecule has 1 heterocycles. The van der Waals surface area contributed by atoms with Crippen LogP contribution in [0.25, 0.3) is 0 Å². The Balaban J connectivity index is 0.00000264. The van der Waals surface area contributed by atoms with Crippen LogP contribution < -0.4 is 15.4 Å². The Morgan fingerprint density at radius 3 is 2.78 bits per heavy atom. The average Bonchev–Trinajstić information content (AvgIpc) is 2.54. The smallest absolute Gasteiger partial charge is 0.220 e. The minimum absolute atomic E-state index is 0. The van der Waals surface area contributed by atoms with Crippen LogP contribution in [0.5, 0.6) is 5.75 Å². The number of hydrogen-bond donors (Lipinski definition) is 2. The van der Waals surface area contributed by atoms with Crippen LogP contribution in [0.4, 0.5) is 4.39 Å². The SMILES string of the molecule is COc1ccc(F)cc1C(C)NC(=O)CCC1CCNCC1.Cl. The number of ether oxygens (including phenoxy) is 1. The van der Waals surface area contributed by atoms with Crippen molar-refractivity contribution < 1.29 is 13.9 Å². The van der Waals surface area contributed by atoms with Gasteiger partial charge in [0.05, 0.1) is 13.2 Å². The second-order valence-corrected chi connectivity index (χ2v) is 5.91. The molecule has 2 rings (SSSR count). The van der Waals surface area contributed by atoms with Gasteiger partial charge in [0.15, 0.2) is 0 Å². The number of nitrogens with one attached hydrogen (secondary N) is 2. The van der Waals surface area contributed by atoms with Crippen LogP contribution in [0.15, 0.2) is 18.2 Å². The molecule has 1 unspecified atom stereocenters. The lowest BCUT2D eigenvalue weighted by atomic mass is 9.93. The fourth-order valence-corrected chi connectivity index (χ4v) is 2.94. The molecule has 1 aliphatic rings. The van der Waals surface area contributed by atoms with Gasteiger partial charge in [0.2, 0.25) is 5.91 Å². The molecule has 0 aromatic heterocycles. The van der Waals surface area contributed by atoms with Gasteiger partial charge in [-0.3, -0.25) is 4.79 Å². The van der Waals surface area contributed by atoms with Crippen LogP contribution in [0.3, 0.4) is 0 Å². The highest BCUT2D eigenvalue weighted by molar-refractivity contribution is 5.85. The summed E-state index contributed by atoms with van der Waals surface area (Å²) in [6, 6.07) is 4.08. The molecule has 0 radical (unpaired) electrons. The van der Waals surface area contributed by atoms with E-state index in [9.17, 15) is 9.18 Å². The third-order valence-electron chi connectivity index (χ3n) is 4.27. The molecule has 1 aliphatic heterocycles. The van der Waals surface area contributed by atoms with E-state index in [1.54, 1.807) is 13.2 Å². The van der Waals surface area contributed by atoms with Gasteiger partial charge in [0.1, 0.15) is 11.6 Å². The maximum atomic E-state index is 13.4. The van der Waals surface area contributed by atoms with E-state index in [1.807, 2.05) is 6.92 Å². The molecule has 23 heavy (non-hydrogen) atoms. The summed E-state index contributed by atoms with van der Waals surface area (Å²) in [5.41, 5.74) is 0.665. The molecular weight excluding hydrogens is 319 g/mol. The summed E-state index contributed by atoms with van der Waals surface area (Å²) in [4.78, 5) is 12.1. The van der Waals surface area contributed by atoms with Gasteiger partial charge in [0.25, 0.3) is 0 Å². The molecular formula is C17H26ClFN2O2. The Morgan fingerprint density at radius 1 is 1.43 bits per heavy atom. The third kappa shape index (κ3) is 5.99. The molecule has 0 bridgehead atoms. The standard InChI is InChI=1S/C17H25FN2O2.ClH/c1-12(15-11-14(18)4-5-16(15)22-2)20-17(21)6-3-13-7-9-19-10-8-13;/h4-5,11-13,19H,3,6-10H2,1-2H3,(H,20,21);1H. The average molecular weight is 345 g/mol. The summed E-state index contributed by atoms with van der Waals surface area (Å²) in [6.45, 7) is 3.94. The first-order valence-electron chi connectivity index (χ1n) is 7.93. The fourth-order valence-electron chi connectivity index (χ4n) is 2.94. The van der Waals surface area contributed by atoms with E-state index < -0.39 is 0 Å². The second-order valence-electron chi connectivity index (χ2n) is 5.91. The molecule has 0 saturated carbocycles. The van der Waals surface area contributed by atoms with Crippen molar-refractivity contribution in [3.05, 3.63) is 29.6 Å². The summed E-state index contributed by atoms with van der Waals surface area (Å²) in [7, 11) is 1.54. The van der Waals surface area contributed by atoms with Crippen LogP contribution in [-0.2, 0) is 4.79 Å². The molecule has 1 aromatic carbocycles. The highest BCUT2D eigenvalue weighted by Gasteiger charge is 2.17. The van der Waals surface area contributed by atoms with E-state index in [0.29, 0.717) is 23.7 Å². The molecule has 1 atom stereocenters. The number of benzene rings is 1. The van der Waals surface area contributed by atoms with Gasteiger partial charge in [-0.15, -0.1) is 12.4 Å². The number of piperidine rings is 1. The molecule has 4 nitrogen and oxygen atoms in total. The summed E-state index contributed by atoms with van der Waals surface area (Å²) in [5, 5.41) is 6.26. The highest BCUT2D eigenvalue weighted by atomic mass is 35.5. The normalized spacial score (nSPS) is 16.3. The van der Waals surface area contributed by atoms with E-state index in [0.717, 1.165) is 32.4 Å². The Hall–Kier alpha value is -1.33. The van der Waals surface area contributed by atoms with Crippen molar-refractivity contribution >= 4 is 18.3 Å². The predicted molar refractivity (Wildman–Crippen MR) is 91.6 cm³/mol. The van der Waals surface area contributed by atoms with E-state index in [1.165, 1.54) is 12.1 Å². The summed E-state index contributed by atoms with van der Waals surface area (Å²) in [6.07, 6.45) is 3.72. The quantitative estimate of drug-likeness (QED) is 0.833. The van der Waals surface area contributed by atoms with E-state index in [2.05, 4.69) is 10.6 Å².